The highest BCUT2D eigenvalue weighted by Gasteiger charge is 2.09. The molecule has 1 N–H and O–H groups in total. The Bertz CT molecular complexity index is 1010. The molecule has 2 aromatic carbocycles. The molecular formula is C18H15N5OS. The standard InChI is InChI=1S/C18H15N5OS/c24-17(12-23-16-9-5-4-8-15(16)21-22-23)19-10-14-11-20-18(25-14)13-6-2-1-3-7-13/h1-9,11H,10,12H2,(H,19,24). The molecule has 4 aromatic rings. The summed E-state index contributed by atoms with van der Waals surface area (Å²) in [6.45, 7) is 0.598. The lowest BCUT2D eigenvalue weighted by atomic mass is 10.2. The normalized spacial score (nSPS) is 10.9. The number of rotatable bonds is 5. The summed E-state index contributed by atoms with van der Waals surface area (Å²) < 4.78 is 1.60. The quantitative estimate of drug-likeness (QED) is 0.601. The van der Waals surface area contributed by atoms with Crippen LogP contribution in [0.3, 0.4) is 0 Å². The van der Waals surface area contributed by atoms with Crippen LogP contribution in [0.25, 0.3) is 21.6 Å². The molecule has 6 nitrogen and oxygen atoms in total. The number of amides is 1. The first-order valence-corrected chi connectivity index (χ1v) is 8.66. The molecule has 124 valence electrons. The van der Waals surface area contributed by atoms with Gasteiger partial charge in [0.25, 0.3) is 0 Å². The second kappa shape index (κ2) is 6.82. The maximum atomic E-state index is 12.2. The van der Waals surface area contributed by atoms with E-state index < -0.39 is 0 Å². The Kier molecular flexibility index (Phi) is 4.22. The number of para-hydroxylation sites is 1. The van der Waals surface area contributed by atoms with Crippen LogP contribution in [0.4, 0.5) is 0 Å². The smallest absolute Gasteiger partial charge is 0.242 e. The van der Waals surface area contributed by atoms with Crippen LogP contribution in [0.5, 0.6) is 0 Å². The minimum atomic E-state index is -0.106. The molecule has 0 saturated carbocycles. The van der Waals surface area contributed by atoms with Gasteiger partial charge in [0, 0.05) is 16.6 Å². The van der Waals surface area contributed by atoms with Crippen molar-refractivity contribution in [3.63, 3.8) is 0 Å². The topological polar surface area (TPSA) is 72.7 Å². The third-order valence-electron chi connectivity index (χ3n) is 3.75. The van der Waals surface area contributed by atoms with Crippen LogP contribution < -0.4 is 5.32 Å². The van der Waals surface area contributed by atoms with Gasteiger partial charge in [-0.1, -0.05) is 47.7 Å². The van der Waals surface area contributed by atoms with Gasteiger partial charge in [0.15, 0.2) is 0 Å². The van der Waals surface area contributed by atoms with E-state index in [9.17, 15) is 4.79 Å². The number of fused-ring (bicyclic) bond motifs is 1. The monoisotopic (exact) mass is 349 g/mol. The molecule has 1 amide bonds. The van der Waals surface area contributed by atoms with Gasteiger partial charge in [-0.15, -0.1) is 16.4 Å². The van der Waals surface area contributed by atoms with Gasteiger partial charge >= 0.3 is 0 Å². The zero-order valence-electron chi connectivity index (χ0n) is 13.3. The highest BCUT2D eigenvalue weighted by atomic mass is 32.1. The van der Waals surface area contributed by atoms with Crippen LogP contribution >= 0.6 is 11.3 Å². The van der Waals surface area contributed by atoms with Crippen molar-refractivity contribution in [3.05, 3.63) is 65.7 Å². The van der Waals surface area contributed by atoms with Gasteiger partial charge in [-0.25, -0.2) is 9.67 Å². The lowest BCUT2D eigenvalue weighted by Gasteiger charge is -2.04. The molecule has 0 unspecified atom stereocenters. The zero-order valence-corrected chi connectivity index (χ0v) is 14.1. The van der Waals surface area contributed by atoms with Crippen molar-refractivity contribution in [1.29, 1.82) is 0 Å². The van der Waals surface area contributed by atoms with Gasteiger partial charge in [-0.2, -0.15) is 0 Å². The van der Waals surface area contributed by atoms with Crippen molar-refractivity contribution in [2.45, 2.75) is 13.1 Å². The van der Waals surface area contributed by atoms with E-state index in [2.05, 4.69) is 20.6 Å². The van der Waals surface area contributed by atoms with Crippen LogP contribution in [0.2, 0.25) is 0 Å². The van der Waals surface area contributed by atoms with Gasteiger partial charge in [-0.05, 0) is 12.1 Å². The number of hydrogen-bond donors (Lipinski definition) is 1. The Hall–Kier alpha value is -3.06. The summed E-state index contributed by atoms with van der Waals surface area (Å²) in [5.41, 5.74) is 2.71. The highest BCUT2D eigenvalue weighted by Crippen LogP contribution is 2.24. The maximum absolute atomic E-state index is 12.2. The number of thiazole rings is 1. The Morgan fingerprint density at radius 3 is 2.76 bits per heavy atom. The molecule has 0 saturated heterocycles. The Balaban J connectivity index is 1.38. The van der Waals surface area contributed by atoms with Crippen LogP contribution in [-0.4, -0.2) is 25.9 Å². The van der Waals surface area contributed by atoms with E-state index in [1.165, 1.54) is 0 Å². The van der Waals surface area contributed by atoms with Crippen LogP contribution in [-0.2, 0) is 17.9 Å². The predicted octanol–water partition coefficient (Wildman–Crippen LogP) is 2.87. The summed E-state index contributed by atoms with van der Waals surface area (Å²) in [5, 5.41) is 11.9. The van der Waals surface area contributed by atoms with Gasteiger partial charge < -0.3 is 5.32 Å². The number of aromatic nitrogens is 4. The van der Waals surface area contributed by atoms with E-state index in [1.807, 2.05) is 54.6 Å². The Morgan fingerprint density at radius 1 is 1.08 bits per heavy atom. The molecule has 0 aliphatic heterocycles. The van der Waals surface area contributed by atoms with E-state index in [0.29, 0.717) is 6.54 Å². The van der Waals surface area contributed by atoms with E-state index in [-0.39, 0.29) is 12.5 Å². The molecule has 0 fully saturated rings. The lowest BCUT2D eigenvalue weighted by Crippen LogP contribution is -2.27. The number of benzene rings is 2. The summed E-state index contributed by atoms with van der Waals surface area (Å²) in [6, 6.07) is 17.6. The fourth-order valence-electron chi connectivity index (χ4n) is 2.52. The van der Waals surface area contributed by atoms with Gasteiger partial charge in [0.2, 0.25) is 5.91 Å². The van der Waals surface area contributed by atoms with Crippen molar-refractivity contribution >= 4 is 28.3 Å². The number of nitrogens with zero attached hydrogens (tertiary/aromatic N) is 4. The van der Waals surface area contributed by atoms with Crippen molar-refractivity contribution in [2.24, 2.45) is 0 Å². The first kappa shape index (κ1) is 15.5. The molecule has 4 rings (SSSR count). The van der Waals surface area contributed by atoms with Gasteiger partial charge in [-0.3, -0.25) is 4.79 Å². The summed E-state index contributed by atoms with van der Waals surface area (Å²) in [7, 11) is 0. The predicted molar refractivity (Wildman–Crippen MR) is 96.9 cm³/mol. The Morgan fingerprint density at radius 2 is 1.88 bits per heavy atom. The number of carbonyl (C=O) groups is 1. The second-order valence-electron chi connectivity index (χ2n) is 5.51. The van der Waals surface area contributed by atoms with E-state index >= 15 is 0 Å². The summed E-state index contributed by atoms with van der Waals surface area (Å²) in [6.07, 6.45) is 1.80. The fourth-order valence-corrected chi connectivity index (χ4v) is 3.37. The van der Waals surface area contributed by atoms with E-state index in [4.69, 9.17) is 0 Å². The minimum Gasteiger partial charge on any atom is -0.350 e. The van der Waals surface area contributed by atoms with Crippen LogP contribution in [0.15, 0.2) is 60.8 Å². The molecule has 0 bridgehead atoms. The molecule has 2 aromatic heterocycles. The van der Waals surface area contributed by atoms with Gasteiger partial charge in [0.1, 0.15) is 17.1 Å². The number of carbonyl (C=O) groups excluding carboxylic acids is 1. The molecule has 0 aliphatic rings. The van der Waals surface area contributed by atoms with Crippen molar-refractivity contribution in [2.75, 3.05) is 0 Å². The third-order valence-corrected chi connectivity index (χ3v) is 4.79. The molecule has 25 heavy (non-hydrogen) atoms. The molecule has 2 heterocycles. The molecule has 0 aliphatic carbocycles. The van der Waals surface area contributed by atoms with E-state index in [0.717, 1.165) is 26.5 Å². The summed E-state index contributed by atoms with van der Waals surface area (Å²) in [5.74, 6) is -0.106. The maximum Gasteiger partial charge on any atom is 0.242 e. The van der Waals surface area contributed by atoms with Crippen LogP contribution in [0.1, 0.15) is 4.88 Å². The summed E-state index contributed by atoms with van der Waals surface area (Å²) in [4.78, 5) is 17.6. The SMILES string of the molecule is O=C(Cn1nnc2ccccc21)NCc1cnc(-c2ccccc2)s1. The first-order chi connectivity index (χ1) is 12.3. The van der Waals surface area contributed by atoms with E-state index in [1.54, 1.807) is 22.2 Å². The first-order valence-electron chi connectivity index (χ1n) is 7.84. The van der Waals surface area contributed by atoms with Gasteiger partial charge in [0.05, 0.1) is 12.1 Å². The zero-order chi connectivity index (χ0) is 17.1. The van der Waals surface area contributed by atoms with Crippen molar-refractivity contribution in [1.82, 2.24) is 25.3 Å². The minimum absolute atomic E-state index is 0.106. The second-order valence-corrected chi connectivity index (χ2v) is 6.63. The molecule has 0 atom stereocenters. The molecule has 0 spiro atoms. The highest BCUT2D eigenvalue weighted by molar-refractivity contribution is 7.15. The summed E-state index contributed by atoms with van der Waals surface area (Å²) >= 11 is 1.58. The number of hydrogen-bond acceptors (Lipinski definition) is 5. The van der Waals surface area contributed by atoms with Crippen molar-refractivity contribution < 1.29 is 4.79 Å². The average Bonchev–Trinajstić information content (AvgIpc) is 3.28. The lowest BCUT2D eigenvalue weighted by molar-refractivity contribution is -0.121. The van der Waals surface area contributed by atoms with Crippen LogP contribution in [0, 0.1) is 0 Å². The fraction of sp³-hybridized carbons (Fsp3) is 0.111. The Labute approximate surface area is 148 Å². The third kappa shape index (κ3) is 3.41. The average molecular weight is 349 g/mol. The molecule has 0 radical (unpaired) electrons. The largest absolute Gasteiger partial charge is 0.350 e. The molecular weight excluding hydrogens is 334 g/mol. The van der Waals surface area contributed by atoms with Crippen molar-refractivity contribution in [3.8, 4) is 10.6 Å². The number of nitrogens with one attached hydrogen (secondary N) is 1. The molecule has 7 heteroatoms.